The van der Waals surface area contributed by atoms with Gasteiger partial charge in [-0.15, -0.1) is 0 Å². The van der Waals surface area contributed by atoms with Crippen LogP contribution >= 0.6 is 11.6 Å². The third-order valence-electron chi connectivity index (χ3n) is 2.96. The fourth-order valence-electron chi connectivity index (χ4n) is 1.79. The Labute approximate surface area is 138 Å². The van der Waals surface area contributed by atoms with Crippen molar-refractivity contribution in [3.8, 4) is 0 Å². The second-order valence-electron chi connectivity index (χ2n) is 4.77. The van der Waals surface area contributed by atoms with Gasteiger partial charge in [0.15, 0.2) is 0 Å². The lowest BCUT2D eigenvalue weighted by molar-refractivity contribution is -0.117. The molecule has 1 unspecified atom stereocenters. The van der Waals surface area contributed by atoms with E-state index in [0.29, 0.717) is 0 Å². The summed E-state index contributed by atoms with van der Waals surface area (Å²) in [6.45, 7) is 1.36. The first kappa shape index (κ1) is 17.4. The van der Waals surface area contributed by atoms with Gasteiger partial charge in [0.2, 0.25) is 15.9 Å². The summed E-state index contributed by atoms with van der Waals surface area (Å²) in [5, 5.41) is 2.59. The highest BCUT2D eigenvalue weighted by molar-refractivity contribution is 7.89. The van der Waals surface area contributed by atoms with E-state index in [9.17, 15) is 17.6 Å². The van der Waals surface area contributed by atoms with E-state index in [4.69, 9.17) is 11.6 Å². The van der Waals surface area contributed by atoms with E-state index >= 15 is 0 Å². The molecule has 0 bridgehead atoms. The largest absolute Gasteiger partial charge is 0.322 e. The third-order valence-corrected chi connectivity index (χ3v) is 4.74. The number of para-hydroxylation sites is 1. The molecule has 5 nitrogen and oxygen atoms in total. The molecule has 0 saturated carbocycles. The van der Waals surface area contributed by atoms with E-state index in [1.165, 1.54) is 49.4 Å². The molecule has 0 aliphatic carbocycles. The number of halogens is 2. The molecule has 0 radical (unpaired) electrons. The average molecular weight is 357 g/mol. The van der Waals surface area contributed by atoms with Crippen LogP contribution in [0.5, 0.6) is 0 Å². The summed E-state index contributed by atoms with van der Waals surface area (Å²) in [6, 6.07) is 10.2. The second kappa shape index (κ2) is 7.08. The third kappa shape index (κ3) is 4.51. The zero-order valence-corrected chi connectivity index (χ0v) is 13.7. The minimum atomic E-state index is -3.92. The van der Waals surface area contributed by atoms with Crippen LogP contribution in [0.2, 0.25) is 5.02 Å². The summed E-state index contributed by atoms with van der Waals surface area (Å²) in [4.78, 5) is 12.0. The fraction of sp³-hybridized carbons (Fsp3) is 0.133. The molecular formula is C15H14ClFN2O3S. The Hall–Kier alpha value is -1.96. The Kier molecular flexibility index (Phi) is 5.35. The van der Waals surface area contributed by atoms with Gasteiger partial charge in [0, 0.05) is 5.02 Å². The van der Waals surface area contributed by atoms with Gasteiger partial charge in [-0.2, -0.15) is 4.72 Å². The highest BCUT2D eigenvalue weighted by Gasteiger charge is 2.22. The topological polar surface area (TPSA) is 75.3 Å². The van der Waals surface area contributed by atoms with Gasteiger partial charge in [-0.3, -0.25) is 4.79 Å². The molecule has 1 atom stereocenters. The van der Waals surface area contributed by atoms with Gasteiger partial charge in [0.05, 0.1) is 16.6 Å². The van der Waals surface area contributed by atoms with Crippen molar-refractivity contribution in [2.24, 2.45) is 0 Å². The molecule has 0 aliphatic heterocycles. The molecule has 2 aromatic carbocycles. The number of nitrogens with one attached hydrogen (secondary N) is 2. The van der Waals surface area contributed by atoms with Crippen molar-refractivity contribution >= 4 is 33.2 Å². The molecule has 0 aliphatic rings. The maximum Gasteiger partial charge on any atom is 0.242 e. The minimum Gasteiger partial charge on any atom is -0.322 e. The van der Waals surface area contributed by atoms with Crippen molar-refractivity contribution < 1.29 is 17.6 Å². The van der Waals surface area contributed by atoms with Gasteiger partial charge in [0.1, 0.15) is 5.82 Å². The van der Waals surface area contributed by atoms with Crippen molar-refractivity contribution in [2.75, 3.05) is 5.32 Å². The first-order valence-corrected chi connectivity index (χ1v) is 8.49. The van der Waals surface area contributed by atoms with Crippen LogP contribution in [-0.4, -0.2) is 20.4 Å². The Morgan fingerprint density at radius 1 is 1.17 bits per heavy atom. The Morgan fingerprint density at radius 3 is 2.52 bits per heavy atom. The van der Waals surface area contributed by atoms with Crippen LogP contribution in [0.3, 0.4) is 0 Å². The highest BCUT2D eigenvalue weighted by Crippen LogP contribution is 2.16. The average Bonchev–Trinajstić information content (AvgIpc) is 2.49. The maximum absolute atomic E-state index is 13.5. The summed E-state index contributed by atoms with van der Waals surface area (Å²) in [5.74, 6) is -1.29. The van der Waals surface area contributed by atoms with E-state index < -0.39 is 27.8 Å². The normalized spacial score (nSPS) is 12.7. The van der Waals surface area contributed by atoms with Crippen LogP contribution in [0.1, 0.15) is 6.92 Å². The lowest BCUT2D eigenvalue weighted by Gasteiger charge is -2.15. The number of carbonyl (C=O) groups is 1. The van der Waals surface area contributed by atoms with E-state index in [1.807, 2.05) is 0 Å². The van der Waals surface area contributed by atoms with Crippen molar-refractivity contribution in [3.05, 3.63) is 59.4 Å². The molecule has 2 aromatic rings. The van der Waals surface area contributed by atoms with Crippen LogP contribution in [0.25, 0.3) is 0 Å². The smallest absolute Gasteiger partial charge is 0.242 e. The zero-order valence-electron chi connectivity index (χ0n) is 12.1. The van der Waals surface area contributed by atoms with Gasteiger partial charge in [-0.05, 0) is 37.3 Å². The summed E-state index contributed by atoms with van der Waals surface area (Å²) in [6.07, 6.45) is 0. The van der Waals surface area contributed by atoms with Crippen LogP contribution in [0.4, 0.5) is 10.1 Å². The molecule has 0 aromatic heterocycles. The van der Waals surface area contributed by atoms with Crippen LogP contribution in [0, 0.1) is 5.82 Å². The second-order valence-corrected chi connectivity index (χ2v) is 6.92. The first-order valence-electron chi connectivity index (χ1n) is 6.63. The lowest BCUT2D eigenvalue weighted by Crippen LogP contribution is -2.41. The molecule has 2 N–H and O–H groups in total. The molecule has 0 fully saturated rings. The number of benzene rings is 2. The van der Waals surface area contributed by atoms with E-state index in [0.717, 1.165) is 0 Å². The summed E-state index contributed by atoms with van der Waals surface area (Å²) in [5.41, 5.74) is -0.0219. The number of hydrogen-bond donors (Lipinski definition) is 2. The maximum atomic E-state index is 13.5. The predicted octanol–water partition coefficient (Wildman–Crippen LogP) is 2.78. The van der Waals surface area contributed by atoms with Crippen LogP contribution < -0.4 is 10.0 Å². The Bertz CT molecular complexity index is 827. The van der Waals surface area contributed by atoms with Crippen LogP contribution in [0.15, 0.2) is 53.4 Å². The molecule has 8 heteroatoms. The molecular weight excluding hydrogens is 343 g/mol. The van der Waals surface area contributed by atoms with E-state index in [2.05, 4.69) is 10.0 Å². The molecule has 1 amide bonds. The predicted molar refractivity (Wildman–Crippen MR) is 86.3 cm³/mol. The Morgan fingerprint density at radius 2 is 1.87 bits per heavy atom. The van der Waals surface area contributed by atoms with Gasteiger partial charge in [-0.1, -0.05) is 29.8 Å². The summed E-state index contributed by atoms with van der Waals surface area (Å²) in [7, 11) is -3.92. The van der Waals surface area contributed by atoms with Gasteiger partial charge in [-0.25, -0.2) is 12.8 Å². The van der Waals surface area contributed by atoms with Crippen molar-refractivity contribution in [1.29, 1.82) is 0 Å². The SMILES string of the molecule is CC(NS(=O)(=O)c1cccc(Cl)c1)C(=O)Nc1ccccc1F. The van der Waals surface area contributed by atoms with Gasteiger partial charge < -0.3 is 5.32 Å². The number of rotatable bonds is 5. The highest BCUT2D eigenvalue weighted by atomic mass is 35.5. The molecule has 122 valence electrons. The Balaban J connectivity index is 2.10. The molecule has 2 rings (SSSR count). The van der Waals surface area contributed by atoms with E-state index in [-0.39, 0.29) is 15.6 Å². The minimum absolute atomic E-state index is 0.0219. The number of anilines is 1. The number of sulfonamides is 1. The van der Waals surface area contributed by atoms with Gasteiger partial charge in [0.25, 0.3) is 0 Å². The molecule has 23 heavy (non-hydrogen) atoms. The van der Waals surface area contributed by atoms with Crippen molar-refractivity contribution in [1.82, 2.24) is 4.72 Å². The molecule has 0 saturated heterocycles. The summed E-state index contributed by atoms with van der Waals surface area (Å²) >= 11 is 5.76. The number of amides is 1. The lowest BCUT2D eigenvalue weighted by atomic mass is 10.2. The number of carbonyl (C=O) groups excluding carboxylic acids is 1. The number of hydrogen-bond acceptors (Lipinski definition) is 3. The van der Waals surface area contributed by atoms with Crippen molar-refractivity contribution in [3.63, 3.8) is 0 Å². The fourth-order valence-corrected chi connectivity index (χ4v) is 3.30. The quantitative estimate of drug-likeness (QED) is 0.865. The zero-order chi connectivity index (χ0) is 17.0. The van der Waals surface area contributed by atoms with E-state index in [1.54, 1.807) is 6.07 Å². The first-order chi connectivity index (χ1) is 10.8. The monoisotopic (exact) mass is 356 g/mol. The summed E-state index contributed by atoms with van der Waals surface area (Å²) < 4.78 is 40.1. The van der Waals surface area contributed by atoms with Crippen molar-refractivity contribution in [2.45, 2.75) is 17.9 Å². The van der Waals surface area contributed by atoms with Gasteiger partial charge >= 0.3 is 0 Å². The standard InChI is InChI=1S/C15H14ClFN2O3S/c1-10(15(20)18-14-8-3-2-7-13(14)17)19-23(21,22)12-6-4-5-11(16)9-12/h2-10,19H,1H3,(H,18,20). The molecule has 0 spiro atoms. The van der Waals surface area contributed by atoms with Crippen LogP contribution in [-0.2, 0) is 14.8 Å². The molecule has 0 heterocycles.